The number of nitrogens with two attached hydrogens (primary N) is 1. The minimum atomic E-state index is -2.60. The zero-order valence-corrected chi connectivity index (χ0v) is 16.1. The van der Waals surface area contributed by atoms with Crippen molar-refractivity contribution < 1.29 is 18.6 Å². The smallest absolute Gasteiger partial charge is 0.274 e. The van der Waals surface area contributed by atoms with Crippen LogP contribution in [-0.4, -0.2) is 65.5 Å². The maximum Gasteiger partial charge on any atom is 0.274 e. The lowest BCUT2D eigenvalue weighted by Gasteiger charge is -2.39. The third-order valence-corrected chi connectivity index (χ3v) is 7.51. The Morgan fingerprint density at radius 3 is 2.93 bits per heavy atom. The molecule has 2 aromatic heterocycles. The third-order valence-electron chi connectivity index (χ3n) is 5.58. The second-order valence-electron chi connectivity index (χ2n) is 7.49. The molecular weight excluding hydrogens is 382 g/mol. The fourth-order valence-corrected chi connectivity index (χ4v) is 6.51. The molecule has 2 aliphatic rings. The summed E-state index contributed by atoms with van der Waals surface area (Å²) in [5, 5.41) is 0.738. The molecule has 9 nitrogen and oxygen atoms in total. The monoisotopic (exact) mass is 403 g/mol. The van der Waals surface area contributed by atoms with Crippen molar-refractivity contribution in [3.05, 3.63) is 30.1 Å². The Kier molecular flexibility index (Phi) is 3.74. The van der Waals surface area contributed by atoms with E-state index in [1.165, 1.54) is 0 Å². The predicted octanol–water partition coefficient (Wildman–Crippen LogP) is 2.07. The van der Waals surface area contributed by atoms with Gasteiger partial charge in [0.25, 0.3) is 5.91 Å². The van der Waals surface area contributed by atoms with Crippen molar-refractivity contribution in [3.8, 4) is 5.75 Å². The molecule has 0 aliphatic carbocycles. The molecule has 1 aromatic carbocycles. The normalized spacial score (nSPS) is 24.6. The topological polar surface area (TPSA) is 126 Å². The number of carbonyl (C=O) groups excluding carboxylic acids is 1. The van der Waals surface area contributed by atoms with Gasteiger partial charge in [0.2, 0.25) is 5.95 Å². The van der Waals surface area contributed by atoms with Crippen LogP contribution < -0.4 is 10.5 Å². The molecule has 2 unspecified atom stereocenters. The molecule has 10 heteroatoms. The summed E-state index contributed by atoms with van der Waals surface area (Å²) in [6.07, 6.45) is 2.40. The average molecular weight is 403 g/mol. The number of rotatable bonds is 2. The van der Waals surface area contributed by atoms with Crippen LogP contribution in [-0.2, 0) is 0 Å². The summed E-state index contributed by atoms with van der Waals surface area (Å²) in [4.78, 5) is 23.8. The Balaban J connectivity index is 1.58. The maximum absolute atomic E-state index is 13.2. The molecule has 2 aliphatic heterocycles. The molecule has 2 fully saturated rings. The van der Waals surface area contributed by atoms with E-state index in [0.717, 1.165) is 11.8 Å². The van der Waals surface area contributed by atoms with E-state index in [9.17, 15) is 13.9 Å². The van der Waals surface area contributed by atoms with Crippen LogP contribution in [0.3, 0.4) is 0 Å². The average Bonchev–Trinajstić information content (AvgIpc) is 3.22. The van der Waals surface area contributed by atoms with Crippen LogP contribution in [0.25, 0.3) is 16.6 Å². The summed E-state index contributed by atoms with van der Waals surface area (Å²) in [5.41, 5.74) is 7.50. The second kappa shape index (κ2) is 5.97. The Labute approximate surface area is 162 Å². The number of ether oxygens (including phenoxy) is 1. The summed E-state index contributed by atoms with van der Waals surface area (Å²) in [6.45, 7) is 0.523. The van der Waals surface area contributed by atoms with Crippen LogP contribution >= 0.6 is 10.6 Å². The quantitative estimate of drug-likeness (QED) is 0.598. The number of para-hydroxylation sites is 1. The first kappa shape index (κ1) is 17.5. The van der Waals surface area contributed by atoms with Crippen molar-refractivity contribution in [2.75, 3.05) is 30.9 Å². The van der Waals surface area contributed by atoms with Crippen molar-refractivity contribution in [2.45, 2.75) is 12.5 Å². The van der Waals surface area contributed by atoms with Gasteiger partial charge in [-0.1, -0.05) is 6.07 Å². The highest BCUT2D eigenvalue weighted by Gasteiger charge is 2.44. The molecule has 2 saturated heterocycles. The predicted molar refractivity (Wildman–Crippen MR) is 107 cm³/mol. The van der Waals surface area contributed by atoms with Crippen LogP contribution in [0.4, 0.5) is 5.95 Å². The van der Waals surface area contributed by atoms with Crippen LogP contribution in [0, 0.1) is 5.92 Å². The van der Waals surface area contributed by atoms with Gasteiger partial charge in [-0.25, -0.2) is 9.97 Å². The van der Waals surface area contributed by atoms with Crippen molar-refractivity contribution in [2.24, 2.45) is 5.92 Å². The van der Waals surface area contributed by atoms with E-state index in [4.69, 9.17) is 10.5 Å². The molecule has 0 saturated carbocycles. The number of likely N-dealkylation sites (tertiary alicyclic amines) is 1. The van der Waals surface area contributed by atoms with Gasteiger partial charge in [0.1, 0.15) is 22.6 Å². The first-order chi connectivity index (χ1) is 13.4. The van der Waals surface area contributed by atoms with E-state index in [0.29, 0.717) is 29.2 Å². The van der Waals surface area contributed by atoms with E-state index >= 15 is 0 Å². The van der Waals surface area contributed by atoms with Gasteiger partial charge < -0.3 is 15.4 Å². The fourth-order valence-electron chi connectivity index (χ4n) is 4.44. The molecule has 28 heavy (non-hydrogen) atoms. The maximum atomic E-state index is 13.2. The Hall–Kier alpha value is -2.56. The number of nitrogen functional groups attached to an aromatic ring is 1. The first-order valence-electron chi connectivity index (χ1n) is 9.02. The third kappa shape index (κ3) is 2.60. The van der Waals surface area contributed by atoms with Gasteiger partial charge in [0, 0.05) is 29.9 Å². The summed E-state index contributed by atoms with van der Waals surface area (Å²) in [7, 11) is -1.04. The number of anilines is 1. The van der Waals surface area contributed by atoms with E-state index < -0.39 is 10.6 Å². The molecule has 3 aromatic rings. The minimum absolute atomic E-state index is 0.126. The molecule has 148 valence electrons. The molecular formula is C18H21N5O4S. The number of nitrogens with zero attached hydrogens (tertiary/aromatic N) is 4. The van der Waals surface area contributed by atoms with Gasteiger partial charge in [0.15, 0.2) is 0 Å². The summed E-state index contributed by atoms with van der Waals surface area (Å²) in [5.74, 6) is 1.32. The molecule has 2 bridgehead atoms. The van der Waals surface area contributed by atoms with Crippen LogP contribution in [0.5, 0.6) is 5.75 Å². The van der Waals surface area contributed by atoms with Crippen LogP contribution in [0.15, 0.2) is 24.4 Å². The summed E-state index contributed by atoms with van der Waals surface area (Å²) >= 11 is 0. The molecule has 2 atom stereocenters. The first-order valence-corrected chi connectivity index (χ1v) is 10.9. The number of fused-ring (bicyclic) bond motifs is 5. The number of aromatic nitrogens is 3. The standard InChI is InChI=1S/C18H21N5O4S/c1-27-14-4-2-3-12-15(14)21-18(19)23-7-13(20-16(12)23)17(24)22-6-10-5-11(22)9-28(25,26)8-10/h2-4,7,10-11,25-26H,5-6,8-9H2,1H3,(H2,19,21). The van der Waals surface area contributed by atoms with Gasteiger partial charge in [0.05, 0.1) is 12.9 Å². The number of hydrogen-bond donors (Lipinski definition) is 3. The van der Waals surface area contributed by atoms with E-state index in [2.05, 4.69) is 9.97 Å². The summed E-state index contributed by atoms with van der Waals surface area (Å²) in [6, 6.07) is 5.33. The lowest BCUT2D eigenvalue weighted by Crippen LogP contribution is -2.38. The molecule has 0 radical (unpaired) electrons. The number of hydrogen-bond acceptors (Lipinski definition) is 7. The van der Waals surface area contributed by atoms with E-state index in [1.807, 2.05) is 12.1 Å². The highest BCUT2D eigenvalue weighted by molar-refractivity contribution is 8.24. The largest absolute Gasteiger partial charge is 0.494 e. The van der Waals surface area contributed by atoms with E-state index in [1.54, 1.807) is 28.7 Å². The van der Waals surface area contributed by atoms with Crippen molar-refractivity contribution in [1.29, 1.82) is 0 Å². The van der Waals surface area contributed by atoms with Gasteiger partial charge >= 0.3 is 0 Å². The zero-order chi connectivity index (χ0) is 19.6. The molecule has 4 N–H and O–H groups in total. The Bertz CT molecular complexity index is 1110. The number of amides is 1. The highest BCUT2D eigenvalue weighted by atomic mass is 32.3. The lowest BCUT2D eigenvalue weighted by atomic mass is 10.1. The highest BCUT2D eigenvalue weighted by Crippen LogP contribution is 2.50. The lowest BCUT2D eigenvalue weighted by molar-refractivity contribution is 0.0742. The Morgan fingerprint density at radius 2 is 2.14 bits per heavy atom. The van der Waals surface area contributed by atoms with Gasteiger partial charge in [-0.05, 0) is 24.5 Å². The number of carbonyl (C=O) groups is 1. The molecule has 4 heterocycles. The van der Waals surface area contributed by atoms with Crippen LogP contribution in [0.1, 0.15) is 16.9 Å². The Morgan fingerprint density at radius 1 is 1.32 bits per heavy atom. The van der Waals surface area contributed by atoms with E-state index in [-0.39, 0.29) is 35.3 Å². The molecule has 1 amide bonds. The van der Waals surface area contributed by atoms with Gasteiger partial charge in [-0.15, -0.1) is 0 Å². The number of benzene rings is 1. The van der Waals surface area contributed by atoms with Crippen molar-refractivity contribution in [3.63, 3.8) is 0 Å². The van der Waals surface area contributed by atoms with Gasteiger partial charge in [-0.3, -0.25) is 18.3 Å². The van der Waals surface area contributed by atoms with Gasteiger partial charge in [-0.2, -0.15) is 10.6 Å². The van der Waals surface area contributed by atoms with Crippen LogP contribution in [0.2, 0.25) is 0 Å². The molecule has 0 spiro atoms. The minimum Gasteiger partial charge on any atom is -0.494 e. The number of imidazole rings is 1. The summed E-state index contributed by atoms with van der Waals surface area (Å²) < 4.78 is 27.1. The van der Waals surface area contributed by atoms with Crippen molar-refractivity contribution in [1.82, 2.24) is 19.3 Å². The fraction of sp³-hybridized carbons (Fsp3) is 0.389. The molecule has 5 rings (SSSR count). The SMILES string of the molecule is COc1cccc2c1nc(N)n1cc(C(=O)N3CC4CC3CS(O)(O)C4)nc21. The zero-order valence-electron chi connectivity index (χ0n) is 15.3. The second-order valence-corrected chi connectivity index (χ2v) is 9.77. The van der Waals surface area contributed by atoms with Crippen molar-refractivity contribution >= 4 is 39.0 Å². The number of methoxy groups -OCH3 is 1.